The molecule has 1 heterocycles. The van der Waals surface area contributed by atoms with Crippen molar-refractivity contribution in [2.75, 3.05) is 5.32 Å². The lowest BCUT2D eigenvalue weighted by molar-refractivity contribution is -0.384. The Balaban J connectivity index is 1.94. The third-order valence-corrected chi connectivity index (χ3v) is 3.66. The second kappa shape index (κ2) is 8.86. The molecule has 0 bridgehead atoms. The monoisotopic (exact) mass is 389 g/mol. The van der Waals surface area contributed by atoms with Gasteiger partial charge < -0.3 is 5.32 Å². The van der Waals surface area contributed by atoms with Crippen LogP contribution in [0.5, 0.6) is 0 Å². The summed E-state index contributed by atoms with van der Waals surface area (Å²) < 4.78 is 0. The summed E-state index contributed by atoms with van der Waals surface area (Å²) in [5.41, 5.74) is 3.41. The van der Waals surface area contributed by atoms with Crippen molar-refractivity contribution in [1.29, 1.82) is 0 Å². The molecule has 10 heteroatoms. The van der Waals surface area contributed by atoms with E-state index < -0.39 is 10.8 Å². The van der Waals surface area contributed by atoms with E-state index in [-0.39, 0.29) is 28.6 Å². The molecular formula is C17H16ClN5O4. The number of benzene rings is 1. The molecule has 27 heavy (non-hydrogen) atoms. The number of nitro groups is 1. The number of rotatable bonds is 6. The molecule has 0 saturated heterocycles. The topological polar surface area (TPSA) is 127 Å². The number of amides is 2. The van der Waals surface area contributed by atoms with Gasteiger partial charge >= 0.3 is 0 Å². The van der Waals surface area contributed by atoms with Crippen LogP contribution in [0.1, 0.15) is 29.3 Å². The maximum absolute atomic E-state index is 12.0. The van der Waals surface area contributed by atoms with Crippen molar-refractivity contribution in [3.05, 3.63) is 62.8 Å². The van der Waals surface area contributed by atoms with Crippen molar-refractivity contribution in [3.8, 4) is 0 Å². The number of nitrogens with zero attached hydrogens (tertiary/aromatic N) is 3. The zero-order chi connectivity index (χ0) is 20.0. The van der Waals surface area contributed by atoms with Crippen molar-refractivity contribution in [3.63, 3.8) is 0 Å². The highest BCUT2D eigenvalue weighted by Gasteiger charge is 2.15. The standard InChI is InChI=1S/C17H16ClN5O4/c1-10-5-6-19-15(7-10)20-16(24)8-11(2)21-22-17(25)12-3-4-14(23(26)27)13(18)9-12/h3-7,9H,8H2,1-2H3,(H,22,25)(H,19,20,24)/b21-11+. The van der Waals surface area contributed by atoms with E-state index in [0.717, 1.165) is 11.6 Å². The lowest BCUT2D eigenvalue weighted by Gasteiger charge is -2.06. The molecule has 0 saturated carbocycles. The predicted octanol–water partition coefficient (Wildman–Crippen LogP) is 3.09. The molecule has 1 aromatic carbocycles. The molecule has 140 valence electrons. The first-order valence-electron chi connectivity index (χ1n) is 7.76. The van der Waals surface area contributed by atoms with Gasteiger partial charge in [-0.2, -0.15) is 5.10 Å². The third-order valence-electron chi connectivity index (χ3n) is 3.35. The number of carbonyl (C=O) groups is 2. The van der Waals surface area contributed by atoms with Crippen LogP contribution in [0.15, 0.2) is 41.6 Å². The minimum atomic E-state index is -0.645. The zero-order valence-electron chi connectivity index (χ0n) is 14.5. The minimum Gasteiger partial charge on any atom is -0.310 e. The maximum atomic E-state index is 12.0. The first-order chi connectivity index (χ1) is 12.8. The second-order valence-corrected chi connectivity index (χ2v) is 6.06. The molecule has 0 aliphatic rings. The number of hydrogen-bond donors (Lipinski definition) is 2. The number of hydrogen-bond acceptors (Lipinski definition) is 6. The van der Waals surface area contributed by atoms with Crippen molar-refractivity contribution in [1.82, 2.24) is 10.4 Å². The molecule has 0 atom stereocenters. The average Bonchev–Trinajstić information content (AvgIpc) is 2.59. The van der Waals surface area contributed by atoms with Gasteiger partial charge in [-0.3, -0.25) is 19.7 Å². The van der Waals surface area contributed by atoms with E-state index in [1.165, 1.54) is 12.1 Å². The number of pyridine rings is 1. The van der Waals surface area contributed by atoms with Gasteiger partial charge in [0, 0.05) is 23.5 Å². The molecule has 0 aliphatic heterocycles. The molecule has 0 spiro atoms. The summed E-state index contributed by atoms with van der Waals surface area (Å²) in [6, 6.07) is 7.11. The van der Waals surface area contributed by atoms with Crippen LogP contribution in [0.2, 0.25) is 5.02 Å². The molecular weight excluding hydrogens is 374 g/mol. The molecule has 0 unspecified atom stereocenters. The summed E-state index contributed by atoms with van der Waals surface area (Å²) >= 11 is 5.77. The van der Waals surface area contributed by atoms with Crippen molar-refractivity contribution < 1.29 is 14.5 Å². The SMILES string of the molecule is C/C(CC(=O)Nc1cc(C)ccn1)=N\NC(=O)c1ccc([N+](=O)[O-])c(Cl)c1. The van der Waals surface area contributed by atoms with Gasteiger partial charge in [-0.15, -0.1) is 0 Å². The Kier molecular flexibility index (Phi) is 6.56. The summed E-state index contributed by atoms with van der Waals surface area (Å²) in [5.74, 6) is -0.508. The Bertz CT molecular complexity index is 929. The minimum absolute atomic E-state index is 0.0447. The van der Waals surface area contributed by atoms with Gasteiger partial charge in [0.1, 0.15) is 10.8 Å². The van der Waals surface area contributed by atoms with E-state index in [1.54, 1.807) is 19.2 Å². The molecule has 1 aromatic heterocycles. The molecule has 0 fully saturated rings. The number of carbonyl (C=O) groups excluding carboxylic acids is 2. The number of hydrazone groups is 1. The number of aryl methyl sites for hydroxylation is 1. The fourth-order valence-electron chi connectivity index (χ4n) is 2.07. The van der Waals surface area contributed by atoms with Crippen LogP contribution in [0.25, 0.3) is 0 Å². The van der Waals surface area contributed by atoms with E-state index >= 15 is 0 Å². The zero-order valence-corrected chi connectivity index (χ0v) is 15.3. The van der Waals surface area contributed by atoms with E-state index in [0.29, 0.717) is 11.5 Å². The molecule has 0 aliphatic carbocycles. The van der Waals surface area contributed by atoms with Gasteiger partial charge in [0.15, 0.2) is 0 Å². The Morgan fingerprint density at radius 1 is 1.30 bits per heavy atom. The van der Waals surface area contributed by atoms with Crippen LogP contribution in [0.4, 0.5) is 11.5 Å². The van der Waals surface area contributed by atoms with Crippen LogP contribution < -0.4 is 10.7 Å². The van der Waals surface area contributed by atoms with Gasteiger partial charge in [0.2, 0.25) is 5.91 Å². The maximum Gasteiger partial charge on any atom is 0.287 e. The predicted molar refractivity (Wildman–Crippen MR) is 101 cm³/mol. The quantitative estimate of drug-likeness (QED) is 0.446. The van der Waals surface area contributed by atoms with Crippen LogP contribution >= 0.6 is 11.6 Å². The third kappa shape index (κ3) is 5.86. The van der Waals surface area contributed by atoms with Gasteiger partial charge in [-0.25, -0.2) is 10.4 Å². The number of anilines is 1. The summed E-state index contributed by atoms with van der Waals surface area (Å²) in [4.78, 5) is 38.1. The fraction of sp³-hybridized carbons (Fsp3) is 0.176. The summed E-state index contributed by atoms with van der Waals surface area (Å²) in [5, 5.41) is 17.1. The van der Waals surface area contributed by atoms with E-state index in [4.69, 9.17) is 11.6 Å². The van der Waals surface area contributed by atoms with Gasteiger partial charge in [-0.1, -0.05) is 11.6 Å². The number of nitro benzene ring substituents is 1. The first kappa shape index (κ1) is 20.0. The summed E-state index contributed by atoms with van der Waals surface area (Å²) in [7, 11) is 0. The van der Waals surface area contributed by atoms with Crippen molar-refractivity contribution >= 4 is 40.6 Å². The Labute approximate surface area is 159 Å². The summed E-state index contributed by atoms with van der Waals surface area (Å²) in [6.07, 6.45) is 1.54. The Morgan fingerprint density at radius 3 is 2.67 bits per heavy atom. The number of aromatic nitrogens is 1. The van der Waals surface area contributed by atoms with Gasteiger partial charge in [0.25, 0.3) is 11.6 Å². The number of nitrogens with one attached hydrogen (secondary N) is 2. The highest BCUT2D eigenvalue weighted by Crippen LogP contribution is 2.24. The van der Waals surface area contributed by atoms with Crippen LogP contribution in [0, 0.1) is 17.0 Å². The van der Waals surface area contributed by atoms with Gasteiger partial charge in [0.05, 0.1) is 11.3 Å². The van der Waals surface area contributed by atoms with Crippen LogP contribution in [-0.2, 0) is 4.79 Å². The van der Waals surface area contributed by atoms with Crippen LogP contribution in [-0.4, -0.2) is 27.4 Å². The number of halogens is 1. The Hall–Kier alpha value is -3.33. The molecule has 2 amide bonds. The largest absolute Gasteiger partial charge is 0.310 e. The van der Waals surface area contributed by atoms with E-state index in [2.05, 4.69) is 20.8 Å². The van der Waals surface area contributed by atoms with E-state index in [9.17, 15) is 19.7 Å². The first-order valence-corrected chi connectivity index (χ1v) is 8.14. The van der Waals surface area contributed by atoms with Crippen LogP contribution in [0.3, 0.4) is 0 Å². The normalized spacial score (nSPS) is 11.0. The molecule has 0 radical (unpaired) electrons. The highest BCUT2D eigenvalue weighted by molar-refractivity contribution is 6.33. The molecule has 2 rings (SSSR count). The highest BCUT2D eigenvalue weighted by atomic mass is 35.5. The fourth-order valence-corrected chi connectivity index (χ4v) is 2.32. The lowest BCUT2D eigenvalue weighted by atomic mass is 10.2. The molecule has 2 N–H and O–H groups in total. The van der Waals surface area contributed by atoms with Crippen molar-refractivity contribution in [2.45, 2.75) is 20.3 Å². The van der Waals surface area contributed by atoms with E-state index in [1.807, 2.05) is 13.0 Å². The Morgan fingerprint density at radius 2 is 2.04 bits per heavy atom. The molecule has 9 nitrogen and oxygen atoms in total. The lowest BCUT2D eigenvalue weighted by Crippen LogP contribution is -2.21. The van der Waals surface area contributed by atoms with Gasteiger partial charge in [-0.05, 0) is 43.7 Å². The smallest absolute Gasteiger partial charge is 0.287 e. The second-order valence-electron chi connectivity index (χ2n) is 5.65. The summed E-state index contributed by atoms with van der Waals surface area (Å²) in [6.45, 7) is 3.45. The molecule has 2 aromatic rings. The average molecular weight is 390 g/mol. The van der Waals surface area contributed by atoms with Crippen molar-refractivity contribution in [2.24, 2.45) is 5.10 Å².